The van der Waals surface area contributed by atoms with Gasteiger partial charge in [0.25, 0.3) is 0 Å². The van der Waals surface area contributed by atoms with Crippen LogP contribution in [0.4, 0.5) is 4.39 Å². The standard InChI is InChI=1S/C5H5FN2O2/c6-3-5(9)10-4-1-2-7-8-4/h1-2H,3H2,(H,7,8). The normalized spacial score (nSPS) is 9.30. The zero-order valence-electron chi connectivity index (χ0n) is 5.00. The quantitative estimate of drug-likeness (QED) is 0.606. The summed E-state index contributed by atoms with van der Waals surface area (Å²) in [6.45, 7) is -1.13. The van der Waals surface area contributed by atoms with E-state index < -0.39 is 12.6 Å². The van der Waals surface area contributed by atoms with Gasteiger partial charge in [-0.15, -0.1) is 5.10 Å². The fourth-order valence-corrected chi connectivity index (χ4v) is 0.447. The zero-order chi connectivity index (χ0) is 7.40. The fourth-order valence-electron chi connectivity index (χ4n) is 0.447. The number of nitrogens with one attached hydrogen (secondary N) is 1. The largest absolute Gasteiger partial charge is 0.404 e. The smallest absolute Gasteiger partial charge is 0.344 e. The predicted molar refractivity (Wildman–Crippen MR) is 30.2 cm³/mol. The number of alkyl halides is 1. The molecule has 1 rings (SSSR count). The molecule has 0 radical (unpaired) electrons. The average Bonchev–Trinajstić information content (AvgIpc) is 2.40. The van der Waals surface area contributed by atoms with Crippen molar-refractivity contribution in [1.29, 1.82) is 0 Å². The first kappa shape index (κ1) is 6.73. The van der Waals surface area contributed by atoms with Gasteiger partial charge in [-0.25, -0.2) is 9.18 Å². The third-order valence-electron chi connectivity index (χ3n) is 0.803. The summed E-state index contributed by atoms with van der Waals surface area (Å²) >= 11 is 0. The molecule has 5 heteroatoms. The summed E-state index contributed by atoms with van der Waals surface area (Å²) in [4.78, 5) is 10.2. The van der Waals surface area contributed by atoms with Crippen LogP contribution in [0.2, 0.25) is 0 Å². The van der Waals surface area contributed by atoms with Crippen LogP contribution < -0.4 is 4.74 Å². The molecule has 1 aromatic rings. The number of aromatic amines is 1. The minimum Gasteiger partial charge on any atom is -0.404 e. The lowest BCUT2D eigenvalue weighted by atomic mass is 10.7. The van der Waals surface area contributed by atoms with Crippen LogP contribution in [0.1, 0.15) is 0 Å². The van der Waals surface area contributed by atoms with Crippen molar-refractivity contribution in [2.75, 3.05) is 6.67 Å². The Kier molecular flexibility index (Phi) is 1.99. The molecule has 0 spiro atoms. The second-order valence-corrected chi connectivity index (χ2v) is 1.52. The highest BCUT2D eigenvalue weighted by molar-refractivity contribution is 5.72. The maximum Gasteiger partial charge on any atom is 0.344 e. The second kappa shape index (κ2) is 2.95. The highest BCUT2D eigenvalue weighted by Gasteiger charge is 2.03. The van der Waals surface area contributed by atoms with Gasteiger partial charge in [-0.05, 0) is 0 Å². The summed E-state index contributed by atoms with van der Waals surface area (Å²) in [5, 5.41) is 5.88. The van der Waals surface area contributed by atoms with E-state index in [9.17, 15) is 9.18 Å². The number of carbonyl (C=O) groups excluding carboxylic acids is 1. The van der Waals surface area contributed by atoms with Gasteiger partial charge in [-0.1, -0.05) is 0 Å². The molecule has 0 bridgehead atoms. The molecule has 0 saturated carbocycles. The van der Waals surface area contributed by atoms with Gasteiger partial charge in [-0.3, -0.25) is 5.10 Å². The average molecular weight is 144 g/mol. The Morgan fingerprint density at radius 2 is 2.70 bits per heavy atom. The van der Waals surface area contributed by atoms with E-state index in [0.29, 0.717) is 0 Å². The molecule has 54 valence electrons. The lowest BCUT2D eigenvalue weighted by Gasteiger charge is -1.92. The number of ether oxygens (including phenoxy) is 1. The van der Waals surface area contributed by atoms with Crippen LogP contribution in [-0.4, -0.2) is 22.8 Å². The maximum atomic E-state index is 11.5. The second-order valence-electron chi connectivity index (χ2n) is 1.52. The molecule has 0 aliphatic rings. The fraction of sp³-hybridized carbons (Fsp3) is 0.200. The van der Waals surface area contributed by atoms with Gasteiger partial charge in [0.15, 0.2) is 6.67 Å². The van der Waals surface area contributed by atoms with Gasteiger partial charge in [0.05, 0.1) is 0 Å². The Hall–Kier alpha value is -1.39. The van der Waals surface area contributed by atoms with Crippen molar-refractivity contribution in [3.8, 4) is 5.88 Å². The Morgan fingerprint density at radius 1 is 1.90 bits per heavy atom. The third kappa shape index (κ3) is 1.54. The number of esters is 1. The summed E-state index contributed by atoms with van der Waals surface area (Å²) < 4.78 is 15.8. The van der Waals surface area contributed by atoms with Gasteiger partial charge in [-0.2, -0.15) is 0 Å². The topological polar surface area (TPSA) is 55.0 Å². The number of hydrogen-bond donors (Lipinski definition) is 1. The number of rotatable bonds is 2. The highest BCUT2D eigenvalue weighted by atomic mass is 19.1. The van der Waals surface area contributed by atoms with E-state index in [-0.39, 0.29) is 5.88 Å². The Labute approximate surface area is 56.0 Å². The van der Waals surface area contributed by atoms with E-state index in [4.69, 9.17) is 0 Å². The van der Waals surface area contributed by atoms with Crippen molar-refractivity contribution in [1.82, 2.24) is 10.2 Å². The summed E-state index contributed by atoms with van der Waals surface area (Å²) in [6.07, 6.45) is 1.47. The van der Waals surface area contributed by atoms with Crippen LogP contribution in [0.5, 0.6) is 5.88 Å². The van der Waals surface area contributed by atoms with Gasteiger partial charge in [0, 0.05) is 12.3 Å². The maximum absolute atomic E-state index is 11.5. The number of aromatic nitrogens is 2. The first-order chi connectivity index (χ1) is 4.83. The SMILES string of the molecule is O=C(CF)Oc1cc[nH]n1. The molecule has 1 N–H and O–H groups in total. The van der Waals surface area contributed by atoms with Gasteiger partial charge in [0.1, 0.15) is 0 Å². The molecule has 1 aromatic heterocycles. The Balaban J connectivity index is 2.48. The Bertz CT molecular complexity index is 209. The molecule has 0 unspecified atom stereocenters. The van der Waals surface area contributed by atoms with E-state index in [1.54, 1.807) is 0 Å². The molecule has 0 saturated heterocycles. The first-order valence-corrected chi connectivity index (χ1v) is 2.59. The lowest BCUT2D eigenvalue weighted by molar-refractivity contribution is -0.135. The van der Waals surface area contributed by atoms with Gasteiger partial charge >= 0.3 is 5.97 Å². The molecule has 10 heavy (non-hydrogen) atoms. The number of carbonyl (C=O) groups is 1. The van der Waals surface area contributed by atoms with Crippen LogP contribution in [0, 0.1) is 0 Å². The van der Waals surface area contributed by atoms with E-state index in [1.165, 1.54) is 12.3 Å². The van der Waals surface area contributed by atoms with Crippen LogP contribution in [0.25, 0.3) is 0 Å². The third-order valence-corrected chi connectivity index (χ3v) is 0.803. The lowest BCUT2D eigenvalue weighted by Crippen LogP contribution is -2.09. The molecule has 0 aliphatic carbocycles. The number of hydrogen-bond acceptors (Lipinski definition) is 3. The van der Waals surface area contributed by atoms with Crippen LogP contribution in [0.15, 0.2) is 12.3 Å². The van der Waals surface area contributed by atoms with Crippen molar-refractivity contribution in [2.45, 2.75) is 0 Å². The highest BCUT2D eigenvalue weighted by Crippen LogP contribution is 2.01. The number of halogens is 1. The zero-order valence-corrected chi connectivity index (χ0v) is 5.00. The molecule has 0 atom stereocenters. The molecule has 1 heterocycles. The first-order valence-electron chi connectivity index (χ1n) is 2.59. The van der Waals surface area contributed by atoms with Crippen molar-refractivity contribution >= 4 is 5.97 Å². The Morgan fingerprint density at radius 3 is 3.20 bits per heavy atom. The van der Waals surface area contributed by atoms with E-state index in [1.807, 2.05) is 0 Å². The minimum absolute atomic E-state index is 0.0858. The van der Waals surface area contributed by atoms with Crippen molar-refractivity contribution in [2.24, 2.45) is 0 Å². The van der Waals surface area contributed by atoms with E-state index in [2.05, 4.69) is 14.9 Å². The summed E-state index contributed by atoms with van der Waals surface area (Å²) in [7, 11) is 0. The molecular formula is C5H5FN2O2. The molecule has 0 aromatic carbocycles. The predicted octanol–water partition coefficient (Wildman–Crippen LogP) is 0.285. The summed E-state index contributed by atoms with van der Waals surface area (Å²) in [5.41, 5.74) is 0. The molecule has 4 nitrogen and oxygen atoms in total. The van der Waals surface area contributed by atoms with Crippen molar-refractivity contribution < 1.29 is 13.9 Å². The van der Waals surface area contributed by atoms with Crippen LogP contribution in [0.3, 0.4) is 0 Å². The van der Waals surface area contributed by atoms with Gasteiger partial charge < -0.3 is 4.74 Å². The van der Waals surface area contributed by atoms with Crippen molar-refractivity contribution in [3.05, 3.63) is 12.3 Å². The summed E-state index contributed by atoms with van der Waals surface area (Å²) in [6, 6.07) is 1.42. The van der Waals surface area contributed by atoms with E-state index >= 15 is 0 Å². The van der Waals surface area contributed by atoms with E-state index in [0.717, 1.165) is 0 Å². The number of H-pyrrole nitrogens is 1. The minimum atomic E-state index is -1.13. The van der Waals surface area contributed by atoms with Crippen LogP contribution in [-0.2, 0) is 4.79 Å². The van der Waals surface area contributed by atoms with Crippen LogP contribution >= 0.6 is 0 Å². The van der Waals surface area contributed by atoms with Gasteiger partial charge in [0.2, 0.25) is 5.88 Å². The molecule has 0 aliphatic heterocycles. The van der Waals surface area contributed by atoms with Crippen molar-refractivity contribution in [3.63, 3.8) is 0 Å². The molecule has 0 amide bonds. The monoisotopic (exact) mass is 144 g/mol. The molecular weight excluding hydrogens is 139 g/mol. The summed E-state index contributed by atoms with van der Waals surface area (Å²) in [5.74, 6) is -0.852. The number of nitrogens with zero attached hydrogens (tertiary/aromatic N) is 1. The molecule has 0 fully saturated rings.